The molecule has 38 heavy (non-hydrogen) atoms. The topological polar surface area (TPSA) is 85.5 Å². The van der Waals surface area contributed by atoms with E-state index in [4.69, 9.17) is 17.0 Å². The van der Waals surface area contributed by atoms with Gasteiger partial charge in [0, 0.05) is 35.4 Å². The van der Waals surface area contributed by atoms with E-state index in [-0.39, 0.29) is 17.8 Å². The molecule has 194 valence electrons. The summed E-state index contributed by atoms with van der Waals surface area (Å²) in [5.74, 6) is 0.552. The molecule has 0 aliphatic carbocycles. The molecule has 1 fully saturated rings. The molecule has 9 heteroatoms. The summed E-state index contributed by atoms with van der Waals surface area (Å²) in [5, 5.41) is 15.7. The first kappa shape index (κ1) is 25.4. The van der Waals surface area contributed by atoms with Crippen LogP contribution in [-0.4, -0.2) is 26.7 Å². The molecule has 8 nitrogen and oxygen atoms in total. The zero-order chi connectivity index (χ0) is 27.1. The summed E-state index contributed by atoms with van der Waals surface area (Å²) < 4.78 is 7.62. The molecule has 5 rings (SSSR count). The summed E-state index contributed by atoms with van der Waals surface area (Å²) in [4.78, 5) is 18.0. The molecule has 0 saturated carbocycles. The van der Waals surface area contributed by atoms with Gasteiger partial charge in [-0.2, -0.15) is 0 Å². The van der Waals surface area contributed by atoms with Gasteiger partial charge in [0.25, 0.3) is 5.69 Å². The highest BCUT2D eigenvalue weighted by Gasteiger charge is 2.42. The van der Waals surface area contributed by atoms with Crippen molar-refractivity contribution < 1.29 is 9.66 Å². The molecule has 1 N–H and O–H groups in total. The number of ether oxygens (including phenoxy) is 1. The molecule has 0 spiro atoms. The van der Waals surface area contributed by atoms with Crippen LogP contribution < -0.4 is 15.0 Å². The van der Waals surface area contributed by atoms with Gasteiger partial charge in [-0.1, -0.05) is 12.1 Å². The molecular formula is C29H29N5O3S. The van der Waals surface area contributed by atoms with Crippen LogP contribution >= 0.6 is 12.2 Å². The predicted molar refractivity (Wildman–Crippen MR) is 152 cm³/mol. The minimum Gasteiger partial charge on any atom is -0.495 e. The number of nitro groups is 1. The molecule has 0 bridgehead atoms. The highest BCUT2D eigenvalue weighted by atomic mass is 32.1. The third-order valence-electron chi connectivity index (χ3n) is 6.99. The predicted octanol–water partition coefficient (Wildman–Crippen LogP) is 6.20. The number of rotatable bonds is 6. The van der Waals surface area contributed by atoms with E-state index < -0.39 is 4.92 Å². The van der Waals surface area contributed by atoms with Crippen LogP contribution in [-0.2, 0) is 0 Å². The summed E-state index contributed by atoms with van der Waals surface area (Å²) in [6, 6.07) is 18.6. The van der Waals surface area contributed by atoms with Crippen LogP contribution in [0.2, 0.25) is 0 Å². The molecule has 0 unspecified atom stereocenters. The van der Waals surface area contributed by atoms with E-state index in [1.54, 1.807) is 25.4 Å². The van der Waals surface area contributed by atoms with E-state index in [9.17, 15) is 10.1 Å². The minimum atomic E-state index is -0.393. The van der Waals surface area contributed by atoms with Gasteiger partial charge in [-0.3, -0.25) is 15.1 Å². The van der Waals surface area contributed by atoms with Gasteiger partial charge in [-0.05, 0) is 93.0 Å². The molecular weight excluding hydrogens is 498 g/mol. The monoisotopic (exact) mass is 527 g/mol. The Bertz CT molecular complexity index is 1530. The lowest BCUT2D eigenvalue weighted by Gasteiger charge is -2.29. The van der Waals surface area contributed by atoms with E-state index in [1.807, 2.05) is 36.6 Å². The van der Waals surface area contributed by atoms with Crippen LogP contribution in [0.4, 0.5) is 11.4 Å². The number of nitro benzene ring substituents is 1. The van der Waals surface area contributed by atoms with Crippen molar-refractivity contribution in [1.82, 2.24) is 14.9 Å². The SMILES string of the molecule is COc1ccc([N+](=O)[O-])cc1-n1c(C)cc([C@H]2[C@H](c3ccccn3)NC(=S)N2c2cc(C)cc(C)c2)c1C. The number of hydrogen-bond acceptors (Lipinski definition) is 5. The average molecular weight is 528 g/mol. The lowest BCUT2D eigenvalue weighted by molar-refractivity contribution is -0.384. The van der Waals surface area contributed by atoms with Crippen LogP contribution in [0.5, 0.6) is 5.75 Å². The molecule has 1 aliphatic rings. The van der Waals surface area contributed by atoms with Gasteiger partial charge in [0.15, 0.2) is 5.11 Å². The fraction of sp³-hybridized carbons (Fsp3) is 0.241. The second-order valence-electron chi connectivity index (χ2n) is 9.62. The van der Waals surface area contributed by atoms with Crippen LogP contribution in [0.1, 0.15) is 45.9 Å². The van der Waals surface area contributed by atoms with Crippen molar-refractivity contribution in [3.8, 4) is 11.4 Å². The number of aryl methyl sites for hydroxylation is 3. The van der Waals surface area contributed by atoms with E-state index in [2.05, 4.69) is 53.3 Å². The van der Waals surface area contributed by atoms with Gasteiger partial charge in [-0.25, -0.2) is 0 Å². The molecule has 4 aromatic rings. The molecule has 3 heterocycles. The summed E-state index contributed by atoms with van der Waals surface area (Å²) in [5.41, 5.74) is 7.70. The molecule has 2 aromatic heterocycles. The Balaban J connectivity index is 1.72. The van der Waals surface area contributed by atoms with E-state index in [0.29, 0.717) is 16.5 Å². The molecule has 1 saturated heterocycles. The molecule has 1 aliphatic heterocycles. The molecule has 2 atom stereocenters. The molecule has 0 radical (unpaired) electrons. The second kappa shape index (κ2) is 9.90. The van der Waals surface area contributed by atoms with E-state index >= 15 is 0 Å². The van der Waals surface area contributed by atoms with Crippen LogP contribution in [0.3, 0.4) is 0 Å². The standard InChI is InChI=1S/C29H29N5O3S/c1-17-12-18(2)14-22(13-17)33-28(27(31-29(33)38)24-8-6-7-11-30-24)23-15-19(3)32(20(23)4)25-16-21(34(35)36)9-10-26(25)37-5/h6-16,27-28H,1-5H3,(H,31,38)/t27-,28-/m0/s1. The normalized spacial score (nSPS) is 17.0. The fourth-order valence-corrected chi connectivity index (χ4v) is 5.81. The highest BCUT2D eigenvalue weighted by Crippen LogP contribution is 2.44. The van der Waals surface area contributed by atoms with Gasteiger partial charge in [0.05, 0.1) is 35.5 Å². The quantitative estimate of drug-likeness (QED) is 0.182. The van der Waals surface area contributed by atoms with Crippen molar-refractivity contribution in [2.75, 3.05) is 12.0 Å². The largest absolute Gasteiger partial charge is 0.495 e. The van der Waals surface area contributed by atoms with E-state index in [0.717, 1.165) is 39.5 Å². The number of nitrogens with one attached hydrogen (secondary N) is 1. The Morgan fingerprint density at radius 3 is 2.39 bits per heavy atom. The molecule has 0 amide bonds. The maximum absolute atomic E-state index is 11.6. The third-order valence-corrected chi connectivity index (χ3v) is 7.30. The number of pyridine rings is 1. The first-order valence-electron chi connectivity index (χ1n) is 12.3. The van der Waals surface area contributed by atoms with Crippen molar-refractivity contribution in [3.05, 3.63) is 111 Å². The van der Waals surface area contributed by atoms with Crippen LogP contribution in [0.15, 0.2) is 66.9 Å². The Hall–Kier alpha value is -4.24. The number of methoxy groups -OCH3 is 1. The number of benzene rings is 2. The van der Waals surface area contributed by atoms with Gasteiger partial charge >= 0.3 is 0 Å². The second-order valence-corrected chi connectivity index (χ2v) is 10.0. The third kappa shape index (κ3) is 4.39. The van der Waals surface area contributed by atoms with Crippen molar-refractivity contribution in [2.45, 2.75) is 39.8 Å². The maximum Gasteiger partial charge on any atom is 0.271 e. The minimum absolute atomic E-state index is 0.00165. The molecule has 2 aromatic carbocycles. The smallest absolute Gasteiger partial charge is 0.271 e. The van der Waals surface area contributed by atoms with Gasteiger partial charge in [0.1, 0.15) is 5.75 Å². The number of thiocarbonyl (C=S) groups is 1. The fourth-order valence-electron chi connectivity index (χ4n) is 5.46. The van der Waals surface area contributed by atoms with Crippen molar-refractivity contribution in [1.29, 1.82) is 0 Å². The van der Waals surface area contributed by atoms with E-state index in [1.165, 1.54) is 6.07 Å². The number of aromatic nitrogens is 2. The lowest BCUT2D eigenvalue weighted by atomic mass is 9.96. The Morgan fingerprint density at radius 2 is 1.76 bits per heavy atom. The van der Waals surface area contributed by atoms with Crippen LogP contribution in [0.25, 0.3) is 5.69 Å². The van der Waals surface area contributed by atoms with Crippen molar-refractivity contribution in [3.63, 3.8) is 0 Å². The zero-order valence-corrected chi connectivity index (χ0v) is 22.7. The zero-order valence-electron chi connectivity index (χ0n) is 21.9. The first-order valence-corrected chi connectivity index (χ1v) is 12.7. The summed E-state index contributed by atoms with van der Waals surface area (Å²) in [6.45, 7) is 8.17. The van der Waals surface area contributed by atoms with Gasteiger partial charge in [0.2, 0.25) is 0 Å². The Labute approximate surface area is 227 Å². The van der Waals surface area contributed by atoms with Crippen molar-refractivity contribution in [2.24, 2.45) is 0 Å². The Morgan fingerprint density at radius 1 is 1.03 bits per heavy atom. The maximum atomic E-state index is 11.6. The summed E-state index contributed by atoms with van der Waals surface area (Å²) in [7, 11) is 1.57. The van der Waals surface area contributed by atoms with Crippen molar-refractivity contribution >= 4 is 28.7 Å². The van der Waals surface area contributed by atoms with Gasteiger partial charge < -0.3 is 19.5 Å². The number of hydrogen-bond donors (Lipinski definition) is 1. The average Bonchev–Trinajstić information content (AvgIpc) is 3.38. The number of nitrogens with zero attached hydrogens (tertiary/aromatic N) is 4. The number of anilines is 1. The summed E-state index contributed by atoms with van der Waals surface area (Å²) in [6.07, 6.45) is 1.79. The van der Waals surface area contributed by atoms with Crippen LogP contribution in [0, 0.1) is 37.8 Å². The highest BCUT2D eigenvalue weighted by molar-refractivity contribution is 7.80. The lowest BCUT2D eigenvalue weighted by Crippen LogP contribution is -2.29. The number of non-ortho nitro benzene ring substituents is 1. The van der Waals surface area contributed by atoms with Gasteiger partial charge in [-0.15, -0.1) is 0 Å². The Kier molecular flexibility index (Phi) is 6.62. The first-order chi connectivity index (χ1) is 18.2. The summed E-state index contributed by atoms with van der Waals surface area (Å²) >= 11 is 5.91.